The van der Waals surface area contributed by atoms with Crippen LogP contribution >= 0.6 is 0 Å². The predicted octanol–water partition coefficient (Wildman–Crippen LogP) is 2.23. The molecule has 1 aliphatic rings. The Morgan fingerprint density at radius 3 is 2.48 bits per heavy atom. The minimum absolute atomic E-state index is 0.0133. The predicted molar refractivity (Wildman–Crippen MR) is 120 cm³/mol. The molecule has 10 heteroatoms. The zero-order valence-corrected chi connectivity index (χ0v) is 18.8. The van der Waals surface area contributed by atoms with E-state index in [0.29, 0.717) is 30.2 Å². The van der Waals surface area contributed by atoms with Crippen LogP contribution in [0.3, 0.4) is 0 Å². The van der Waals surface area contributed by atoms with Crippen molar-refractivity contribution in [3.8, 4) is 0 Å². The molecular weight excluding hydrogens is 428 g/mol. The number of amides is 3. The van der Waals surface area contributed by atoms with Gasteiger partial charge in [-0.1, -0.05) is 5.16 Å². The maximum absolute atomic E-state index is 12.8. The van der Waals surface area contributed by atoms with E-state index in [-0.39, 0.29) is 48.9 Å². The Balaban J connectivity index is 1.54. The van der Waals surface area contributed by atoms with Crippen LogP contribution in [0.4, 0.5) is 11.5 Å². The summed E-state index contributed by atoms with van der Waals surface area (Å²) < 4.78 is 10.5. The SMILES string of the molecule is CC(=O)c1ccc(NC(=O)CCC(=O)N(CC(=O)NC[C@@H]2CCCO2)c2cc(C)on2)cc1. The van der Waals surface area contributed by atoms with Crippen molar-refractivity contribution in [1.82, 2.24) is 10.5 Å². The van der Waals surface area contributed by atoms with Crippen LogP contribution in [0.25, 0.3) is 0 Å². The van der Waals surface area contributed by atoms with Crippen LogP contribution in [-0.4, -0.2) is 54.5 Å². The van der Waals surface area contributed by atoms with E-state index in [0.717, 1.165) is 12.8 Å². The van der Waals surface area contributed by atoms with Gasteiger partial charge in [0.1, 0.15) is 12.3 Å². The van der Waals surface area contributed by atoms with Gasteiger partial charge in [0.05, 0.1) is 6.10 Å². The molecule has 10 nitrogen and oxygen atoms in total. The summed E-state index contributed by atoms with van der Waals surface area (Å²) in [6.45, 7) is 3.97. The molecule has 3 rings (SSSR count). The van der Waals surface area contributed by atoms with Crippen molar-refractivity contribution in [1.29, 1.82) is 0 Å². The molecule has 1 aliphatic heterocycles. The summed E-state index contributed by atoms with van der Waals surface area (Å²) in [5, 5.41) is 9.31. The number of anilines is 2. The largest absolute Gasteiger partial charge is 0.376 e. The summed E-state index contributed by atoms with van der Waals surface area (Å²) in [5.74, 6) is -0.508. The highest BCUT2D eigenvalue weighted by Crippen LogP contribution is 2.17. The summed E-state index contributed by atoms with van der Waals surface area (Å²) in [5.41, 5.74) is 1.06. The number of nitrogens with one attached hydrogen (secondary N) is 2. The first kappa shape index (κ1) is 24.1. The Hall–Kier alpha value is -3.53. The molecular formula is C23H28N4O6. The molecule has 2 heterocycles. The van der Waals surface area contributed by atoms with E-state index in [4.69, 9.17) is 9.26 Å². The molecule has 0 unspecified atom stereocenters. The molecule has 1 aromatic carbocycles. The molecule has 0 aliphatic carbocycles. The molecule has 1 saturated heterocycles. The van der Waals surface area contributed by atoms with Crippen LogP contribution in [0.15, 0.2) is 34.9 Å². The molecule has 1 aromatic heterocycles. The quantitative estimate of drug-likeness (QED) is 0.524. The van der Waals surface area contributed by atoms with Gasteiger partial charge in [-0.15, -0.1) is 0 Å². The van der Waals surface area contributed by atoms with Crippen molar-refractivity contribution in [2.45, 2.75) is 45.6 Å². The third-order valence-electron chi connectivity index (χ3n) is 5.19. The number of nitrogens with zero attached hydrogens (tertiary/aromatic N) is 2. The number of benzene rings is 1. The van der Waals surface area contributed by atoms with Crippen LogP contribution in [0.5, 0.6) is 0 Å². The van der Waals surface area contributed by atoms with Crippen molar-refractivity contribution in [3.05, 3.63) is 41.7 Å². The van der Waals surface area contributed by atoms with Crippen LogP contribution in [0, 0.1) is 6.92 Å². The summed E-state index contributed by atoms with van der Waals surface area (Å²) in [4.78, 5) is 50.1. The molecule has 1 fully saturated rings. The standard InChI is InChI=1S/C23H28N4O6/c1-15-12-20(26-33-15)27(14-22(30)24-13-19-4-3-11-32-19)23(31)10-9-21(29)25-18-7-5-17(6-8-18)16(2)28/h5-8,12,19H,3-4,9-11,13-14H2,1-2H3,(H,24,30)(H,25,29)/t19-/m0/s1. The number of hydrogen-bond acceptors (Lipinski definition) is 7. The van der Waals surface area contributed by atoms with Crippen LogP contribution in [0.2, 0.25) is 0 Å². The average molecular weight is 456 g/mol. The van der Waals surface area contributed by atoms with Gasteiger partial charge in [-0.2, -0.15) is 0 Å². The number of ketones is 1. The topological polar surface area (TPSA) is 131 Å². The Labute approximate surface area is 191 Å². The molecule has 0 bridgehead atoms. The second-order valence-electron chi connectivity index (χ2n) is 7.90. The fourth-order valence-electron chi connectivity index (χ4n) is 3.38. The summed E-state index contributed by atoms with van der Waals surface area (Å²) in [7, 11) is 0. The molecule has 0 spiro atoms. The highest BCUT2D eigenvalue weighted by molar-refractivity contribution is 6.01. The van der Waals surface area contributed by atoms with Gasteiger partial charge in [0, 0.05) is 43.3 Å². The highest BCUT2D eigenvalue weighted by Gasteiger charge is 2.24. The van der Waals surface area contributed by atoms with Crippen molar-refractivity contribution >= 4 is 35.0 Å². The molecule has 2 N–H and O–H groups in total. The lowest BCUT2D eigenvalue weighted by atomic mass is 10.1. The Morgan fingerprint density at radius 2 is 1.88 bits per heavy atom. The van der Waals surface area contributed by atoms with Gasteiger partial charge in [-0.3, -0.25) is 24.1 Å². The van der Waals surface area contributed by atoms with E-state index in [9.17, 15) is 19.2 Å². The van der Waals surface area contributed by atoms with E-state index in [1.165, 1.54) is 11.8 Å². The molecule has 0 radical (unpaired) electrons. The number of carbonyl (C=O) groups is 4. The summed E-state index contributed by atoms with van der Waals surface area (Å²) in [6, 6.07) is 8.04. The number of Topliss-reactive ketones (excluding diaryl/α,β-unsaturated/α-hetero) is 1. The normalized spacial score (nSPS) is 15.2. The lowest BCUT2D eigenvalue weighted by Gasteiger charge is -2.20. The number of aromatic nitrogens is 1. The van der Waals surface area contributed by atoms with Crippen LogP contribution in [-0.2, 0) is 19.1 Å². The first-order valence-electron chi connectivity index (χ1n) is 10.8. The van der Waals surface area contributed by atoms with E-state index < -0.39 is 5.91 Å². The van der Waals surface area contributed by atoms with Gasteiger partial charge >= 0.3 is 0 Å². The number of aryl methyl sites for hydroxylation is 1. The second kappa shape index (κ2) is 11.4. The average Bonchev–Trinajstić information content (AvgIpc) is 3.46. The molecule has 2 aromatic rings. The molecule has 0 saturated carbocycles. The Bertz CT molecular complexity index is 995. The summed E-state index contributed by atoms with van der Waals surface area (Å²) in [6.07, 6.45) is 1.63. The highest BCUT2D eigenvalue weighted by atomic mass is 16.5. The molecule has 1 atom stereocenters. The fraction of sp³-hybridized carbons (Fsp3) is 0.435. The third-order valence-corrected chi connectivity index (χ3v) is 5.19. The third kappa shape index (κ3) is 7.25. The van der Waals surface area contributed by atoms with Gasteiger partial charge in [0.2, 0.25) is 17.7 Å². The summed E-state index contributed by atoms with van der Waals surface area (Å²) >= 11 is 0. The zero-order chi connectivity index (χ0) is 23.8. The van der Waals surface area contributed by atoms with Crippen LogP contribution in [0.1, 0.15) is 48.7 Å². The van der Waals surface area contributed by atoms with Gasteiger partial charge in [-0.05, 0) is 51.0 Å². The molecule has 176 valence electrons. The van der Waals surface area contributed by atoms with E-state index >= 15 is 0 Å². The lowest BCUT2D eigenvalue weighted by Crippen LogP contribution is -2.43. The Morgan fingerprint density at radius 1 is 1.12 bits per heavy atom. The number of hydrogen-bond donors (Lipinski definition) is 2. The lowest BCUT2D eigenvalue weighted by molar-refractivity contribution is -0.125. The monoisotopic (exact) mass is 456 g/mol. The number of ether oxygens (including phenoxy) is 1. The van der Waals surface area contributed by atoms with Crippen molar-refractivity contribution in [2.24, 2.45) is 0 Å². The van der Waals surface area contributed by atoms with E-state index in [2.05, 4.69) is 15.8 Å². The molecule has 3 amide bonds. The fourth-order valence-corrected chi connectivity index (χ4v) is 3.38. The minimum Gasteiger partial charge on any atom is -0.376 e. The van der Waals surface area contributed by atoms with Crippen molar-refractivity contribution in [2.75, 3.05) is 29.9 Å². The Kier molecular flexibility index (Phi) is 8.31. The van der Waals surface area contributed by atoms with Gasteiger partial charge in [0.15, 0.2) is 11.6 Å². The maximum atomic E-state index is 12.8. The molecule has 33 heavy (non-hydrogen) atoms. The smallest absolute Gasteiger partial charge is 0.240 e. The zero-order valence-electron chi connectivity index (χ0n) is 18.8. The van der Waals surface area contributed by atoms with Gasteiger partial charge < -0.3 is 19.9 Å². The van der Waals surface area contributed by atoms with Crippen molar-refractivity contribution in [3.63, 3.8) is 0 Å². The minimum atomic E-state index is -0.433. The number of rotatable bonds is 10. The van der Waals surface area contributed by atoms with E-state index in [1.54, 1.807) is 37.3 Å². The van der Waals surface area contributed by atoms with Crippen molar-refractivity contribution < 1.29 is 28.4 Å². The maximum Gasteiger partial charge on any atom is 0.240 e. The first-order valence-corrected chi connectivity index (χ1v) is 10.8. The number of carbonyl (C=O) groups excluding carboxylic acids is 4. The second-order valence-corrected chi connectivity index (χ2v) is 7.90. The first-order chi connectivity index (χ1) is 15.8. The van der Waals surface area contributed by atoms with E-state index in [1.807, 2.05) is 0 Å². The van der Waals surface area contributed by atoms with Crippen LogP contribution < -0.4 is 15.5 Å². The van der Waals surface area contributed by atoms with Gasteiger partial charge in [-0.25, -0.2) is 0 Å². The van der Waals surface area contributed by atoms with Gasteiger partial charge in [0.25, 0.3) is 0 Å².